The number of rotatable bonds is 5. The van der Waals surface area contributed by atoms with Crippen LogP contribution in [-0.2, 0) is 0 Å². The van der Waals surface area contributed by atoms with Crippen LogP contribution >= 0.6 is 0 Å². The highest BCUT2D eigenvalue weighted by Gasteiger charge is 2.30. The molecule has 0 fully saturated rings. The highest BCUT2D eigenvalue weighted by atomic mass is 16.4. The normalized spacial score (nSPS) is 10.6. The van der Waals surface area contributed by atoms with Gasteiger partial charge in [-0.3, -0.25) is 4.79 Å². The summed E-state index contributed by atoms with van der Waals surface area (Å²) in [6, 6.07) is 22.9. The molecule has 0 saturated carbocycles. The number of carboxylic acids is 1. The van der Waals surface area contributed by atoms with E-state index >= 15 is 0 Å². The Balaban J connectivity index is 2.05. The average molecular weight is 369 g/mol. The lowest BCUT2D eigenvalue weighted by molar-refractivity contribution is 0.0686. The zero-order chi connectivity index (χ0) is 19.5. The number of aromatic carboxylic acids is 1. The second kappa shape index (κ2) is 7.28. The van der Waals surface area contributed by atoms with Gasteiger partial charge in [-0.25, -0.2) is 14.5 Å². The molecule has 28 heavy (non-hydrogen) atoms. The minimum absolute atomic E-state index is 0.0375. The predicted octanol–water partition coefficient (Wildman–Crippen LogP) is 3.86. The molecule has 0 radical (unpaired) electrons. The van der Waals surface area contributed by atoms with Crippen LogP contribution in [0.3, 0.4) is 0 Å². The molecule has 0 aliphatic carbocycles. The number of pyridine rings is 1. The van der Waals surface area contributed by atoms with Crippen molar-refractivity contribution in [2.75, 3.05) is 0 Å². The Labute approximate surface area is 160 Å². The van der Waals surface area contributed by atoms with Gasteiger partial charge in [0.15, 0.2) is 17.3 Å². The molecule has 0 atom stereocenters. The fourth-order valence-electron chi connectivity index (χ4n) is 3.02. The van der Waals surface area contributed by atoms with Crippen LogP contribution < -0.4 is 0 Å². The molecule has 0 spiro atoms. The van der Waals surface area contributed by atoms with E-state index in [-0.39, 0.29) is 11.3 Å². The van der Waals surface area contributed by atoms with Gasteiger partial charge in [0.05, 0.1) is 11.3 Å². The monoisotopic (exact) mass is 369 g/mol. The smallest absolute Gasteiger partial charge is 0.357 e. The molecular weight excluding hydrogens is 354 g/mol. The topological polar surface area (TPSA) is 85.1 Å². The zero-order valence-electron chi connectivity index (χ0n) is 14.7. The maximum atomic E-state index is 13.3. The fraction of sp³-hybridized carbons (Fsp3) is 0. The van der Waals surface area contributed by atoms with Crippen LogP contribution in [0, 0.1) is 0 Å². The first-order chi connectivity index (χ1) is 13.7. The molecule has 0 amide bonds. The minimum atomic E-state index is -1.27. The number of carbonyl (C=O) groups is 2. The number of carbonyl (C=O) groups excluding carboxylic acids is 1. The summed E-state index contributed by atoms with van der Waals surface area (Å²) < 4.78 is 1.41. The number of benzene rings is 2. The second-order valence-electron chi connectivity index (χ2n) is 6.04. The SMILES string of the molecule is O=C(O)c1nn(-c2ccccn2)c(-c2ccccc2)c1C(=O)c1ccccc1. The molecule has 0 unspecified atom stereocenters. The molecule has 0 saturated heterocycles. The number of ketones is 1. The lowest BCUT2D eigenvalue weighted by atomic mass is 9.97. The van der Waals surface area contributed by atoms with Gasteiger partial charge in [-0.05, 0) is 12.1 Å². The summed E-state index contributed by atoms with van der Waals surface area (Å²) in [7, 11) is 0. The zero-order valence-corrected chi connectivity index (χ0v) is 14.7. The summed E-state index contributed by atoms with van der Waals surface area (Å²) in [6.45, 7) is 0. The van der Waals surface area contributed by atoms with Crippen molar-refractivity contribution < 1.29 is 14.7 Å². The van der Waals surface area contributed by atoms with Gasteiger partial charge in [0.1, 0.15) is 0 Å². The van der Waals surface area contributed by atoms with Gasteiger partial charge in [0, 0.05) is 17.3 Å². The molecule has 6 heteroatoms. The fourth-order valence-corrected chi connectivity index (χ4v) is 3.02. The number of hydrogen-bond donors (Lipinski definition) is 1. The van der Waals surface area contributed by atoms with Crippen molar-refractivity contribution in [1.29, 1.82) is 0 Å². The Morgan fingerprint density at radius 1 is 0.821 bits per heavy atom. The van der Waals surface area contributed by atoms with Crippen molar-refractivity contribution in [2.24, 2.45) is 0 Å². The first kappa shape index (κ1) is 17.4. The van der Waals surface area contributed by atoms with Crippen LogP contribution in [0.1, 0.15) is 26.4 Å². The van der Waals surface area contributed by atoms with E-state index < -0.39 is 11.8 Å². The highest BCUT2D eigenvalue weighted by Crippen LogP contribution is 2.30. The van der Waals surface area contributed by atoms with E-state index in [9.17, 15) is 14.7 Å². The minimum Gasteiger partial charge on any atom is -0.476 e. The molecule has 0 bridgehead atoms. The Morgan fingerprint density at radius 3 is 2.07 bits per heavy atom. The average Bonchev–Trinajstić information content (AvgIpc) is 3.16. The summed E-state index contributed by atoms with van der Waals surface area (Å²) in [5.74, 6) is -1.25. The van der Waals surface area contributed by atoms with Gasteiger partial charge in [0.25, 0.3) is 0 Å². The molecule has 0 aliphatic heterocycles. The van der Waals surface area contributed by atoms with E-state index in [1.54, 1.807) is 54.7 Å². The van der Waals surface area contributed by atoms with Crippen molar-refractivity contribution in [1.82, 2.24) is 14.8 Å². The molecule has 1 N–H and O–H groups in total. The summed E-state index contributed by atoms with van der Waals surface area (Å²) in [4.78, 5) is 29.5. The standard InChI is InChI=1S/C22H15N3O3/c26-21(16-11-5-2-6-12-16)18-19(22(27)28)24-25(17-13-7-8-14-23-17)20(18)15-9-3-1-4-10-15/h1-14H,(H,27,28). The van der Waals surface area contributed by atoms with Crippen LogP contribution in [0.25, 0.3) is 17.1 Å². The molecule has 2 aromatic carbocycles. The van der Waals surface area contributed by atoms with Crippen molar-refractivity contribution in [3.63, 3.8) is 0 Å². The molecule has 4 rings (SSSR count). The number of hydrogen-bond acceptors (Lipinski definition) is 4. The van der Waals surface area contributed by atoms with Gasteiger partial charge in [-0.2, -0.15) is 5.10 Å². The van der Waals surface area contributed by atoms with Gasteiger partial charge in [-0.15, -0.1) is 0 Å². The summed E-state index contributed by atoms with van der Waals surface area (Å²) in [5, 5.41) is 14.0. The Kier molecular flexibility index (Phi) is 4.51. The largest absolute Gasteiger partial charge is 0.476 e. The first-order valence-electron chi connectivity index (χ1n) is 8.59. The number of nitrogens with zero attached hydrogens (tertiary/aromatic N) is 3. The van der Waals surface area contributed by atoms with Crippen molar-refractivity contribution in [3.8, 4) is 17.1 Å². The maximum absolute atomic E-state index is 13.3. The van der Waals surface area contributed by atoms with E-state index in [0.29, 0.717) is 22.6 Å². The molecule has 2 aromatic heterocycles. The maximum Gasteiger partial charge on any atom is 0.357 e. The van der Waals surface area contributed by atoms with Crippen molar-refractivity contribution in [3.05, 3.63) is 102 Å². The van der Waals surface area contributed by atoms with E-state index in [0.717, 1.165) is 0 Å². The van der Waals surface area contributed by atoms with Crippen LogP contribution in [0.2, 0.25) is 0 Å². The lowest BCUT2D eigenvalue weighted by Crippen LogP contribution is -2.09. The molecule has 6 nitrogen and oxygen atoms in total. The molecule has 2 heterocycles. The van der Waals surface area contributed by atoms with E-state index in [2.05, 4.69) is 10.1 Å². The Morgan fingerprint density at radius 2 is 1.46 bits per heavy atom. The van der Waals surface area contributed by atoms with Gasteiger partial charge >= 0.3 is 5.97 Å². The van der Waals surface area contributed by atoms with Crippen LogP contribution in [-0.4, -0.2) is 31.6 Å². The number of carboxylic acid groups (broad SMARTS) is 1. The Bertz CT molecular complexity index is 1140. The van der Waals surface area contributed by atoms with Crippen LogP contribution in [0.15, 0.2) is 85.1 Å². The highest BCUT2D eigenvalue weighted by molar-refractivity contribution is 6.17. The van der Waals surface area contributed by atoms with Crippen molar-refractivity contribution >= 4 is 11.8 Å². The van der Waals surface area contributed by atoms with Gasteiger partial charge in [-0.1, -0.05) is 66.7 Å². The Hall–Kier alpha value is -4.06. The van der Waals surface area contributed by atoms with Gasteiger partial charge < -0.3 is 5.11 Å². The molecule has 136 valence electrons. The summed E-state index contributed by atoms with van der Waals surface area (Å²) in [5.41, 5.74) is 1.19. The van der Waals surface area contributed by atoms with Gasteiger partial charge in [0.2, 0.25) is 0 Å². The molecular formula is C22H15N3O3. The second-order valence-corrected chi connectivity index (χ2v) is 6.04. The third kappa shape index (κ3) is 3.07. The third-order valence-corrected chi connectivity index (χ3v) is 4.26. The quantitative estimate of drug-likeness (QED) is 0.540. The van der Waals surface area contributed by atoms with Crippen LogP contribution in [0.5, 0.6) is 0 Å². The summed E-state index contributed by atoms with van der Waals surface area (Å²) >= 11 is 0. The molecule has 0 aliphatic rings. The van der Waals surface area contributed by atoms with E-state index in [4.69, 9.17) is 0 Å². The predicted molar refractivity (Wildman–Crippen MR) is 104 cm³/mol. The lowest BCUT2D eigenvalue weighted by Gasteiger charge is -2.09. The number of aromatic nitrogens is 3. The molecule has 4 aromatic rings. The summed E-state index contributed by atoms with van der Waals surface area (Å²) in [6.07, 6.45) is 1.59. The van der Waals surface area contributed by atoms with Crippen LogP contribution in [0.4, 0.5) is 0 Å². The van der Waals surface area contributed by atoms with Crippen molar-refractivity contribution in [2.45, 2.75) is 0 Å². The van der Waals surface area contributed by atoms with E-state index in [1.807, 2.05) is 30.3 Å². The van der Waals surface area contributed by atoms with E-state index in [1.165, 1.54) is 4.68 Å². The third-order valence-electron chi connectivity index (χ3n) is 4.26. The first-order valence-corrected chi connectivity index (χ1v) is 8.59.